The van der Waals surface area contributed by atoms with Crippen LogP contribution in [0.3, 0.4) is 0 Å². The second kappa shape index (κ2) is 9.52. The first-order valence-corrected chi connectivity index (χ1v) is 9.63. The van der Waals surface area contributed by atoms with Gasteiger partial charge in [0.1, 0.15) is 5.82 Å². The van der Waals surface area contributed by atoms with E-state index in [-0.39, 0.29) is 28.8 Å². The van der Waals surface area contributed by atoms with Crippen molar-refractivity contribution in [3.8, 4) is 0 Å². The highest BCUT2D eigenvalue weighted by Crippen LogP contribution is 2.23. The first kappa shape index (κ1) is 20.8. The Morgan fingerprint density at radius 1 is 1.07 bits per heavy atom. The van der Waals surface area contributed by atoms with Crippen LogP contribution in [-0.2, 0) is 9.53 Å². The Morgan fingerprint density at radius 2 is 1.76 bits per heavy atom. The van der Waals surface area contributed by atoms with E-state index in [4.69, 9.17) is 16.3 Å². The van der Waals surface area contributed by atoms with Crippen LogP contribution in [0, 0.1) is 5.82 Å². The van der Waals surface area contributed by atoms with Crippen molar-refractivity contribution >= 4 is 35.1 Å². The molecule has 0 radical (unpaired) electrons. The molecule has 0 atom stereocenters. The van der Waals surface area contributed by atoms with Crippen molar-refractivity contribution in [1.29, 1.82) is 0 Å². The molecular weight excluding hydrogens is 399 g/mol. The third kappa shape index (κ3) is 5.77. The predicted molar refractivity (Wildman–Crippen MR) is 106 cm³/mol. The summed E-state index contributed by atoms with van der Waals surface area (Å²) in [6.45, 7) is -0.413. The lowest BCUT2D eigenvalue weighted by Gasteiger charge is -2.13. The van der Waals surface area contributed by atoms with Gasteiger partial charge < -0.3 is 15.4 Å². The van der Waals surface area contributed by atoms with Crippen LogP contribution in [-0.4, -0.2) is 30.4 Å². The van der Waals surface area contributed by atoms with Crippen molar-refractivity contribution in [2.75, 3.05) is 11.9 Å². The number of carbonyl (C=O) groups is 3. The Balaban J connectivity index is 1.65. The van der Waals surface area contributed by atoms with Crippen LogP contribution in [0.2, 0.25) is 5.02 Å². The largest absolute Gasteiger partial charge is 0.452 e. The minimum absolute atomic E-state index is 0.0542. The van der Waals surface area contributed by atoms with Gasteiger partial charge in [-0.05, 0) is 55.3 Å². The number of hydrogen-bond acceptors (Lipinski definition) is 4. The van der Waals surface area contributed by atoms with Crippen molar-refractivity contribution in [2.24, 2.45) is 0 Å². The lowest BCUT2D eigenvalue weighted by atomic mass is 10.1. The molecule has 0 heterocycles. The summed E-state index contributed by atoms with van der Waals surface area (Å²) < 4.78 is 18.1. The van der Waals surface area contributed by atoms with E-state index in [1.54, 1.807) is 0 Å². The topological polar surface area (TPSA) is 84.5 Å². The van der Waals surface area contributed by atoms with E-state index in [1.807, 2.05) is 0 Å². The molecule has 0 saturated heterocycles. The maximum absolute atomic E-state index is 13.0. The summed E-state index contributed by atoms with van der Waals surface area (Å²) in [4.78, 5) is 36.8. The summed E-state index contributed by atoms with van der Waals surface area (Å²) in [6, 6.07) is 9.36. The maximum atomic E-state index is 13.0. The SMILES string of the molecule is O=C(COC(=O)c1ccc(Cl)cc1NC(=O)c1ccc(F)cc1)NC1CCCC1. The van der Waals surface area contributed by atoms with Gasteiger partial charge in [0, 0.05) is 16.6 Å². The lowest BCUT2D eigenvalue weighted by Crippen LogP contribution is -2.36. The third-order valence-corrected chi connectivity index (χ3v) is 4.85. The molecule has 29 heavy (non-hydrogen) atoms. The number of hydrogen-bond donors (Lipinski definition) is 2. The molecule has 0 bridgehead atoms. The fourth-order valence-corrected chi connectivity index (χ4v) is 3.31. The highest BCUT2D eigenvalue weighted by atomic mass is 35.5. The van der Waals surface area contributed by atoms with E-state index in [0.29, 0.717) is 5.02 Å². The van der Waals surface area contributed by atoms with Crippen LogP contribution in [0.25, 0.3) is 0 Å². The molecule has 1 aliphatic rings. The number of esters is 1. The van der Waals surface area contributed by atoms with Crippen molar-refractivity contribution < 1.29 is 23.5 Å². The number of halogens is 2. The minimum atomic E-state index is -0.766. The highest BCUT2D eigenvalue weighted by molar-refractivity contribution is 6.31. The number of benzene rings is 2. The Labute approximate surface area is 172 Å². The Bertz CT molecular complexity index is 911. The summed E-state index contributed by atoms with van der Waals surface area (Å²) in [5, 5.41) is 5.70. The van der Waals surface area contributed by atoms with E-state index in [0.717, 1.165) is 37.8 Å². The standard InChI is InChI=1S/C21H20ClFN2O4/c22-14-7-10-17(21(28)29-12-19(26)24-16-3-1-2-4-16)18(11-14)25-20(27)13-5-8-15(23)9-6-13/h5-11,16H,1-4,12H2,(H,24,26)(H,25,27). The average molecular weight is 419 g/mol. The minimum Gasteiger partial charge on any atom is -0.452 e. The normalized spacial score (nSPS) is 13.7. The van der Waals surface area contributed by atoms with Crippen molar-refractivity contribution in [2.45, 2.75) is 31.7 Å². The van der Waals surface area contributed by atoms with Crippen molar-refractivity contribution in [3.63, 3.8) is 0 Å². The molecule has 0 unspecified atom stereocenters. The molecule has 8 heteroatoms. The van der Waals surface area contributed by atoms with Gasteiger partial charge in [0.2, 0.25) is 0 Å². The van der Waals surface area contributed by atoms with Gasteiger partial charge in [-0.15, -0.1) is 0 Å². The van der Waals surface area contributed by atoms with Gasteiger partial charge in [-0.3, -0.25) is 9.59 Å². The van der Waals surface area contributed by atoms with Gasteiger partial charge in [0.25, 0.3) is 11.8 Å². The molecule has 2 amide bonds. The zero-order valence-electron chi connectivity index (χ0n) is 15.5. The van der Waals surface area contributed by atoms with E-state index >= 15 is 0 Å². The van der Waals surface area contributed by atoms with Crippen LogP contribution >= 0.6 is 11.6 Å². The average Bonchev–Trinajstić information content (AvgIpc) is 3.19. The summed E-state index contributed by atoms with van der Waals surface area (Å²) in [6.07, 6.45) is 4.01. The third-order valence-electron chi connectivity index (χ3n) is 4.61. The molecule has 0 aliphatic heterocycles. The van der Waals surface area contributed by atoms with Crippen LogP contribution in [0.4, 0.5) is 10.1 Å². The molecule has 152 valence electrons. The van der Waals surface area contributed by atoms with Crippen LogP contribution in [0.5, 0.6) is 0 Å². The van der Waals surface area contributed by atoms with Crippen molar-refractivity contribution in [3.05, 3.63) is 64.4 Å². The van der Waals surface area contributed by atoms with E-state index in [1.165, 1.54) is 30.3 Å². The van der Waals surface area contributed by atoms with Crippen LogP contribution in [0.1, 0.15) is 46.4 Å². The van der Waals surface area contributed by atoms with Gasteiger partial charge in [-0.2, -0.15) is 0 Å². The second-order valence-corrected chi connectivity index (χ2v) is 7.21. The second-order valence-electron chi connectivity index (χ2n) is 6.78. The zero-order chi connectivity index (χ0) is 20.8. The van der Waals surface area contributed by atoms with Gasteiger partial charge in [-0.25, -0.2) is 9.18 Å². The van der Waals surface area contributed by atoms with E-state index in [2.05, 4.69) is 10.6 Å². The molecule has 2 aromatic rings. The molecule has 2 N–H and O–H groups in total. The monoisotopic (exact) mass is 418 g/mol. The van der Waals surface area contributed by atoms with E-state index < -0.39 is 24.3 Å². The number of anilines is 1. The van der Waals surface area contributed by atoms with Gasteiger partial charge in [-0.1, -0.05) is 24.4 Å². The van der Waals surface area contributed by atoms with Gasteiger partial charge in [0.05, 0.1) is 11.3 Å². The number of rotatable bonds is 6. The summed E-state index contributed by atoms with van der Waals surface area (Å²) >= 11 is 5.98. The molecule has 6 nitrogen and oxygen atoms in total. The molecule has 1 fully saturated rings. The van der Waals surface area contributed by atoms with Crippen LogP contribution < -0.4 is 10.6 Å². The number of amides is 2. The molecule has 0 spiro atoms. The summed E-state index contributed by atoms with van der Waals surface area (Å²) in [5.74, 6) is -2.14. The smallest absolute Gasteiger partial charge is 0.340 e. The summed E-state index contributed by atoms with van der Waals surface area (Å²) in [7, 11) is 0. The number of nitrogens with one attached hydrogen (secondary N) is 2. The fourth-order valence-electron chi connectivity index (χ4n) is 3.14. The highest BCUT2D eigenvalue weighted by Gasteiger charge is 2.20. The zero-order valence-corrected chi connectivity index (χ0v) is 16.3. The molecule has 3 rings (SSSR count). The van der Waals surface area contributed by atoms with Gasteiger partial charge >= 0.3 is 5.97 Å². The maximum Gasteiger partial charge on any atom is 0.340 e. The summed E-state index contributed by atoms with van der Waals surface area (Å²) in [5.41, 5.74) is 0.396. The molecule has 2 aromatic carbocycles. The Morgan fingerprint density at radius 3 is 2.45 bits per heavy atom. The number of ether oxygens (including phenoxy) is 1. The molecular formula is C21H20ClFN2O4. The van der Waals surface area contributed by atoms with Gasteiger partial charge in [0.15, 0.2) is 6.61 Å². The lowest BCUT2D eigenvalue weighted by molar-refractivity contribution is -0.124. The fraction of sp³-hybridized carbons (Fsp3) is 0.286. The first-order valence-electron chi connectivity index (χ1n) is 9.25. The Kier molecular flexibility index (Phi) is 6.82. The first-order chi connectivity index (χ1) is 13.9. The number of carbonyl (C=O) groups excluding carboxylic acids is 3. The molecule has 0 aromatic heterocycles. The van der Waals surface area contributed by atoms with E-state index in [9.17, 15) is 18.8 Å². The van der Waals surface area contributed by atoms with Crippen LogP contribution in [0.15, 0.2) is 42.5 Å². The predicted octanol–water partition coefficient (Wildman–Crippen LogP) is 3.95. The Hall–Kier alpha value is -2.93. The van der Waals surface area contributed by atoms with Crippen molar-refractivity contribution in [1.82, 2.24) is 5.32 Å². The molecule has 1 saturated carbocycles. The quantitative estimate of drug-likeness (QED) is 0.696. The molecule has 1 aliphatic carbocycles.